The Morgan fingerprint density at radius 1 is 1.29 bits per heavy atom. The van der Waals surface area contributed by atoms with Crippen molar-refractivity contribution >= 4 is 5.69 Å². The lowest BCUT2D eigenvalue weighted by atomic mass is 9.87. The predicted octanol–water partition coefficient (Wildman–Crippen LogP) is 3.27. The van der Waals surface area contributed by atoms with E-state index in [4.69, 9.17) is 5.73 Å². The van der Waals surface area contributed by atoms with Crippen molar-refractivity contribution in [1.82, 2.24) is 4.90 Å². The first kappa shape index (κ1) is 14.0. The lowest BCUT2D eigenvalue weighted by molar-refractivity contribution is 0.134. The monoisotopic (exact) mass is 238 g/mol. The highest BCUT2D eigenvalue weighted by atomic mass is 19.1. The second kappa shape index (κ2) is 5.05. The fraction of sp³-hybridized carbons (Fsp3) is 0.571. The van der Waals surface area contributed by atoms with Crippen LogP contribution in [0.15, 0.2) is 18.2 Å². The van der Waals surface area contributed by atoms with E-state index in [9.17, 15) is 4.39 Å². The number of nitrogens with zero attached hydrogens (tertiary/aromatic N) is 1. The summed E-state index contributed by atoms with van der Waals surface area (Å²) in [4.78, 5) is 2.22. The third kappa shape index (κ3) is 4.00. The van der Waals surface area contributed by atoms with E-state index in [-0.39, 0.29) is 11.2 Å². The van der Waals surface area contributed by atoms with Gasteiger partial charge in [0, 0.05) is 18.3 Å². The van der Waals surface area contributed by atoms with Gasteiger partial charge in [-0.25, -0.2) is 4.39 Å². The Bertz CT molecular complexity index is 362. The van der Waals surface area contributed by atoms with Crippen LogP contribution in [0.5, 0.6) is 0 Å². The fourth-order valence-electron chi connectivity index (χ4n) is 1.85. The molecule has 0 aromatic heterocycles. The highest BCUT2D eigenvalue weighted by molar-refractivity contribution is 5.41. The van der Waals surface area contributed by atoms with Gasteiger partial charge in [-0.1, -0.05) is 20.8 Å². The van der Waals surface area contributed by atoms with Crippen LogP contribution in [0, 0.1) is 11.2 Å². The number of nitrogens with two attached hydrogens (primary N) is 1. The van der Waals surface area contributed by atoms with Crippen molar-refractivity contribution in [1.29, 1.82) is 0 Å². The molecule has 1 aromatic rings. The first-order chi connectivity index (χ1) is 7.70. The molecule has 1 aromatic carbocycles. The number of hydrogen-bond donors (Lipinski definition) is 1. The van der Waals surface area contributed by atoms with Gasteiger partial charge in [-0.2, -0.15) is 0 Å². The molecule has 3 heteroatoms. The van der Waals surface area contributed by atoms with Crippen molar-refractivity contribution in [2.45, 2.75) is 40.3 Å². The van der Waals surface area contributed by atoms with Gasteiger partial charge in [-0.15, -0.1) is 0 Å². The van der Waals surface area contributed by atoms with E-state index in [0.717, 1.165) is 5.56 Å². The van der Waals surface area contributed by atoms with E-state index in [1.54, 1.807) is 6.07 Å². The average Bonchev–Trinajstić information content (AvgIpc) is 2.13. The summed E-state index contributed by atoms with van der Waals surface area (Å²) >= 11 is 0. The van der Waals surface area contributed by atoms with Crippen molar-refractivity contribution in [2.24, 2.45) is 5.41 Å². The Morgan fingerprint density at radius 3 is 2.35 bits per heavy atom. The Hall–Kier alpha value is -1.09. The maximum atomic E-state index is 13.2. The Morgan fingerprint density at radius 2 is 1.88 bits per heavy atom. The van der Waals surface area contributed by atoms with Crippen molar-refractivity contribution in [2.75, 3.05) is 12.8 Å². The van der Waals surface area contributed by atoms with Gasteiger partial charge in [0.05, 0.1) is 0 Å². The molecule has 0 aliphatic rings. The number of halogens is 1. The summed E-state index contributed by atoms with van der Waals surface area (Å²) in [7, 11) is 2.05. The normalized spacial score (nSPS) is 14.1. The molecule has 0 amide bonds. The molecule has 2 nitrogen and oxygen atoms in total. The van der Waals surface area contributed by atoms with Crippen LogP contribution in [-0.4, -0.2) is 18.0 Å². The number of rotatable bonds is 3. The molecule has 0 aliphatic carbocycles. The molecular weight excluding hydrogens is 215 g/mol. The largest absolute Gasteiger partial charge is 0.399 e. The van der Waals surface area contributed by atoms with E-state index in [1.807, 2.05) is 6.07 Å². The van der Waals surface area contributed by atoms with Crippen LogP contribution in [0.3, 0.4) is 0 Å². The molecule has 0 radical (unpaired) electrons. The van der Waals surface area contributed by atoms with E-state index in [1.165, 1.54) is 6.07 Å². The molecule has 0 bridgehead atoms. The smallest absolute Gasteiger partial charge is 0.125 e. The topological polar surface area (TPSA) is 29.3 Å². The fourth-order valence-corrected chi connectivity index (χ4v) is 1.85. The standard InChI is InChI=1S/C14H23FN2/c1-10(14(2,3)4)17(5)9-11-6-12(15)8-13(16)7-11/h6-8,10H,9,16H2,1-5H3. The zero-order valence-electron chi connectivity index (χ0n) is 11.4. The number of benzene rings is 1. The Balaban J connectivity index is 2.77. The third-order valence-electron chi connectivity index (χ3n) is 3.33. The maximum absolute atomic E-state index is 13.2. The second-order valence-corrected chi connectivity index (χ2v) is 5.85. The van der Waals surface area contributed by atoms with Crippen molar-refractivity contribution in [3.8, 4) is 0 Å². The summed E-state index contributed by atoms with van der Waals surface area (Å²) in [6.45, 7) is 9.50. The molecule has 0 heterocycles. The zero-order valence-corrected chi connectivity index (χ0v) is 11.4. The Kier molecular flexibility index (Phi) is 4.15. The molecule has 0 aliphatic heterocycles. The molecule has 0 spiro atoms. The molecule has 0 saturated carbocycles. The molecule has 2 N–H and O–H groups in total. The minimum absolute atomic E-state index is 0.202. The summed E-state index contributed by atoms with van der Waals surface area (Å²) in [6, 6.07) is 5.13. The lowest BCUT2D eigenvalue weighted by Crippen LogP contribution is -2.38. The van der Waals surface area contributed by atoms with Crippen LogP contribution in [0.1, 0.15) is 33.3 Å². The van der Waals surface area contributed by atoms with Crippen LogP contribution in [0.25, 0.3) is 0 Å². The van der Waals surface area contributed by atoms with Crippen molar-refractivity contribution in [3.63, 3.8) is 0 Å². The summed E-state index contributed by atoms with van der Waals surface area (Å²) in [5.41, 5.74) is 7.24. The van der Waals surface area contributed by atoms with Crippen LogP contribution in [0.4, 0.5) is 10.1 Å². The van der Waals surface area contributed by atoms with Crippen molar-refractivity contribution in [3.05, 3.63) is 29.6 Å². The summed E-state index contributed by atoms with van der Waals surface area (Å²) in [5.74, 6) is -0.267. The summed E-state index contributed by atoms with van der Waals surface area (Å²) in [6.07, 6.45) is 0. The molecule has 0 fully saturated rings. The van der Waals surface area contributed by atoms with Crippen LogP contribution < -0.4 is 5.73 Å². The first-order valence-corrected chi connectivity index (χ1v) is 5.95. The van der Waals surface area contributed by atoms with E-state index in [2.05, 4.69) is 39.6 Å². The van der Waals surface area contributed by atoms with Crippen LogP contribution in [0.2, 0.25) is 0 Å². The zero-order chi connectivity index (χ0) is 13.2. The summed E-state index contributed by atoms with van der Waals surface area (Å²) < 4.78 is 13.2. The van der Waals surface area contributed by atoms with Crippen molar-refractivity contribution < 1.29 is 4.39 Å². The number of anilines is 1. The second-order valence-electron chi connectivity index (χ2n) is 5.85. The first-order valence-electron chi connectivity index (χ1n) is 5.95. The van der Waals surface area contributed by atoms with Gasteiger partial charge < -0.3 is 5.73 Å². The maximum Gasteiger partial charge on any atom is 0.125 e. The molecule has 1 atom stereocenters. The third-order valence-corrected chi connectivity index (χ3v) is 3.33. The van der Waals surface area contributed by atoms with Gasteiger partial charge in [0.1, 0.15) is 5.82 Å². The highest BCUT2D eigenvalue weighted by Gasteiger charge is 2.23. The predicted molar refractivity (Wildman–Crippen MR) is 71.2 cm³/mol. The van der Waals surface area contributed by atoms with Gasteiger partial charge in [-0.05, 0) is 43.1 Å². The quantitative estimate of drug-likeness (QED) is 0.819. The van der Waals surface area contributed by atoms with Gasteiger partial charge in [0.15, 0.2) is 0 Å². The van der Waals surface area contributed by atoms with Crippen LogP contribution >= 0.6 is 0 Å². The van der Waals surface area contributed by atoms with E-state index in [0.29, 0.717) is 18.3 Å². The van der Waals surface area contributed by atoms with Gasteiger partial charge in [0.25, 0.3) is 0 Å². The number of nitrogen functional groups attached to an aromatic ring is 1. The SMILES string of the molecule is CC(N(C)Cc1cc(N)cc(F)c1)C(C)(C)C. The van der Waals surface area contributed by atoms with Crippen LogP contribution in [-0.2, 0) is 6.54 Å². The minimum Gasteiger partial charge on any atom is -0.399 e. The molecule has 1 rings (SSSR count). The molecule has 96 valence electrons. The average molecular weight is 238 g/mol. The van der Waals surface area contributed by atoms with E-state index >= 15 is 0 Å². The van der Waals surface area contributed by atoms with Gasteiger partial charge in [-0.3, -0.25) is 4.90 Å². The molecule has 0 saturated heterocycles. The molecule has 1 unspecified atom stereocenters. The van der Waals surface area contributed by atoms with Gasteiger partial charge >= 0.3 is 0 Å². The van der Waals surface area contributed by atoms with E-state index < -0.39 is 0 Å². The highest BCUT2D eigenvalue weighted by Crippen LogP contribution is 2.24. The van der Waals surface area contributed by atoms with Gasteiger partial charge in [0.2, 0.25) is 0 Å². The lowest BCUT2D eigenvalue weighted by Gasteiger charge is -2.35. The molecule has 17 heavy (non-hydrogen) atoms. The number of hydrogen-bond acceptors (Lipinski definition) is 2. The minimum atomic E-state index is -0.267. The Labute approximate surface area is 104 Å². The summed E-state index contributed by atoms with van der Waals surface area (Å²) in [5, 5.41) is 0. The molecular formula is C14H23FN2.